The maximum Gasteiger partial charge on any atom is 0.132 e. The third-order valence-corrected chi connectivity index (χ3v) is 5.06. The van der Waals surface area contributed by atoms with Gasteiger partial charge in [-0.05, 0) is 55.3 Å². The molecule has 0 amide bonds. The second-order valence-corrected chi connectivity index (χ2v) is 7.11. The molecule has 6 heteroatoms. The number of aromatic nitrogens is 4. The van der Waals surface area contributed by atoms with Gasteiger partial charge < -0.3 is 14.6 Å². The van der Waals surface area contributed by atoms with Crippen LogP contribution in [-0.4, -0.2) is 33.1 Å². The molecule has 0 radical (unpaired) electrons. The SMILES string of the molecule is Cc1nccc(N2CCOc3ccc(-c4ccc5nc(C)[nH]c5c4)cc3C2)n1. The first-order valence-corrected chi connectivity index (χ1v) is 9.43. The van der Waals surface area contributed by atoms with Crippen LogP contribution in [0.25, 0.3) is 22.2 Å². The van der Waals surface area contributed by atoms with Crippen molar-refractivity contribution < 1.29 is 4.74 Å². The summed E-state index contributed by atoms with van der Waals surface area (Å²) in [7, 11) is 0. The van der Waals surface area contributed by atoms with E-state index >= 15 is 0 Å². The fourth-order valence-corrected chi connectivity index (χ4v) is 3.71. The van der Waals surface area contributed by atoms with Gasteiger partial charge in [-0.25, -0.2) is 15.0 Å². The number of hydrogen-bond donors (Lipinski definition) is 1. The van der Waals surface area contributed by atoms with E-state index < -0.39 is 0 Å². The maximum atomic E-state index is 5.99. The summed E-state index contributed by atoms with van der Waals surface area (Å²) >= 11 is 0. The van der Waals surface area contributed by atoms with Gasteiger partial charge in [0.25, 0.3) is 0 Å². The molecule has 0 saturated carbocycles. The average Bonchev–Trinajstić information content (AvgIpc) is 2.93. The maximum absolute atomic E-state index is 5.99. The second-order valence-electron chi connectivity index (χ2n) is 7.11. The Hall–Kier alpha value is -3.41. The highest BCUT2D eigenvalue weighted by atomic mass is 16.5. The molecule has 4 aromatic rings. The molecule has 140 valence electrons. The predicted octanol–water partition coefficient (Wildman–Crippen LogP) is 4.04. The van der Waals surface area contributed by atoms with E-state index in [-0.39, 0.29) is 0 Å². The zero-order valence-corrected chi connectivity index (χ0v) is 15.9. The van der Waals surface area contributed by atoms with Crippen molar-refractivity contribution in [2.75, 3.05) is 18.1 Å². The smallest absolute Gasteiger partial charge is 0.132 e. The lowest BCUT2D eigenvalue weighted by molar-refractivity contribution is 0.331. The van der Waals surface area contributed by atoms with Crippen LogP contribution in [0.5, 0.6) is 5.75 Å². The Morgan fingerprint density at radius 2 is 1.86 bits per heavy atom. The van der Waals surface area contributed by atoms with Crippen LogP contribution in [0.4, 0.5) is 5.82 Å². The third-order valence-electron chi connectivity index (χ3n) is 5.06. The first-order chi connectivity index (χ1) is 13.7. The van der Waals surface area contributed by atoms with E-state index in [4.69, 9.17) is 4.74 Å². The topological polar surface area (TPSA) is 66.9 Å². The Labute approximate surface area is 163 Å². The Balaban J connectivity index is 1.51. The number of H-pyrrole nitrogens is 1. The fourth-order valence-electron chi connectivity index (χ4n) is 3.71. The van der Waals surface area contributed by atoms with Gasteiger partial charge in [-0.15, -0.1) is 0 Å². The van der Waals surface area contributed by atoms with Gasteiger partial charge in [0, 0.05) is 18.3 Å². The molecule has 0 unspecified atom stereocenters. The highest BCUT2D eigenvalue weighted by molar-refractivity contribution is 5.82. The summed E-state index contributed by atoms with van der Waals surface area (Å²) < 4.78 is 5.99. The highest BCUT2D eigenvalue weighted by Crippen LogP contribution is 2.31. The van der Waals surface area contributed by atoms with Crippen molar-refractivity contribution in [1.29, 1.82) is 0 Å². The molecular formula is C22H21N5O. The molecule has 1 aliphatic rings. The van der Waals surface area contributed by atoms with Crippen LogP contribution >= 0.6 is 0 Å². The number of imidazole rings is 1. The minimum atomic E-state index is 0.634. The quantitative estimate of drug-likeness (QED) is 0.576. The van der Waals surface area contributed by atoms with Crippen LogP contribution in [0.2, 0.25) is 0 Å². The molecule has 3 heterocycles. The van der Waals surface area contributed by atoms with E-state index in [1.807, 2.05) is 26.1 Å². The monoisotopic (exact) mass is 371 g/mol. The van der Waals surface area contributed by atoms with Crippen molar-refractivity contribution in [3.05, 3.63) is 65.9 Å². The standard InChI is InChI=1S/C22H21N5O/c1-14-23-8-7-22(26-14)27-9-10-28-21-6-4-16(11-18(21)13-27)17-3-5-19-20(12-17)25-15(2)24-19/h3-8,11-12H,9-10,13H2,1-2H3,(H,24,25). The van der Waals surface area contributed by atoms with Gasteiger partial charge in [-0.1, -0.05) is 12.1 Å². The van der Waals surface area contributed by atoms with Gasteiger partial charge in [0.1, 0.15) is 29.8 Å². The molecule has 0 aliphatic carbocycles. The van der Waals surface area contributed by atoms with Gasteiger partial charge in [0.05, 0.1) is 17.6 Å². The molecule has 2 aromatic heterocycles. The molecule has 0 bridgehead atoms. The van der Waals surface area contributed by atoms with E-state index in [0.717, 1.165) is 64.0 Å². The molecule has 28 heavy (non-hydrogen) atoms. The average molecular weight is 371 g/mol. The van der Waals surface area contributed by atoms with Crippen molar-refractivity contribution in [3.63, 3.8) is 0 Å². The summed E-state index contributed by atoms with van der Waals surface area (Å²) in [6.07, 6.45) is 1.81. The molecule has 0 atom stereocenters. The number of aromatic amines is 1. The molecular weight excluding hydrogens is 350 g/mol. The van der Waals surface area contributed by atoms with Gasteiger partial charge in [-0.2, -0.15) is 0 Å². The summed E-state index contributed by atoms with van der Waals surface area (Å²) in [5.74, 6) is 3.58. The summed E-state index contributed by atoms with van der Waals surface area (Å²) in [5.41, 5.74) is 5.53. The van der Waals surface area contributed by atoms with Gasteiger partial charge >= 0.3 is 0 Å². The number of hydrogen-bond acceptors (Lipinski definition) is 5. The molecule has 1 aliphatic heterocycles. The predicted molar refractivity (Wildman–Crippen MR) is 110 cm³/mol. The van der Waals surface area contributed by atoms with Crippen LogP contribution < -0.4 is 9.64 Å². The van der Waals surface area contributed by atoms with Crippen LogP contribution in [0.15, 0.2) is 48.7 Å². The van der Waals surface area contributed by atoms with Gasteiger partial charge in [0.2, 0.25) is 0 Å². The molecule has 1 N–H and O–H groups in total. The van der Waals surface area contributed by atoms with E-state index in [1.165, 1.54) is 0 Å². The summed E-state index contributed by atoms with van der Waals surface area (Å²) in [6, 6.07) is 14.7. The minimum Gasteiger partial charge on any atom is -0.491 e. The zero-order valence-electron chi connectivity index (χ0n) is 15.9. The molecule has 2 aromatic carbocycles. The van der Waals surface area contributed by atoms with Crippen LogP contribution in [0.3, 0.4) is 0 Å². The summed E-state index contributed by atoms with van der Waals surface area (Å²) in [6.45, 7) is 6.07. The van der Waals surface area contributed by atoms with E-state index in [0.29, 0.717) is 6.61 Å². The Bertz CT molecular complexity index is 1170. The van der Waals surface area contributed by atoms with Crippen molar-refractivity contribution in [2.45, 2.75) is 20.4 Å². The second kappa shape index (κ2) is 6.64. The number of nitrogens with one attached hydrogen (secondary N) is 1. The van der Waals surface area contributed by atoms with Crippen LogP contribution in [0.1, 0.15) is 17.2 Å². The Morgan fingerprint density at radius 1 is 1.00 bits per heavy atom. The van der Waals surface area contributed by atoms with Crippen molar-refractivity contribution in [3.8, 4) is 16.9 Å². The zero-order chi connectivity index (χ0) is 19.1. The summed E-state index contributed by atoms with van der Waals surface area (Å²) in [5, 5.41) is 0. The van der Waals surface area contributed by atoms with E-state index in [2.05, 4.69) is 61.2 Å². The molecule has 6 nitrogen and oxygen atoms in total. The minimum absolute atomic E-state index is 0.634. The lowest BCUT2D eigenvalue weighted by atomic mass is 10.0. The lowest BCUT2D eigenvalue weighted by Gasteiger charge is -2.21. The number of benzene rings is 2. The molecule has 0 spiro atoms. The number of fused-ring (bicyclic) bond motifs is 2. The molecule has 0 saturated heterocycles. The van der Waals surface area contributed by atoms with Crippen molar-refractivity contribution >= 4 is 16.9 Å². The van der Waals surface area contributed by atoms with Crippen LogP contribution in [-0.2, 0) is 6.54 Å². The largest absolute Gasteiger partial charge is 0.491 e. The highest BCUT2D eigenvalue weighted by Gasteiger charge is 2.18. The van der Waals surface area contributed by atoms with Gasteiger partial charge in [-0.3, -0.25) is 0 Å². The first-order valence-electron chi connectivity index (χ1n) is 9.43. The molecule has 0 fully saturated rings. The fraction of sp³-hybridized carbons (Fsp3) is 0.227. The van der Waals surface area contributed by atoms with Gasteiger partial charge in [0.15, 0.2) is 0 Å². The van der Waals surface area contributed by atoms with Crippen molar-refractivity contribution in [2.24, 2.45) is 0 Å². The first kappa shape index (κ1) is 16.7. The number of ether oxygens (including phenoxy) is 1. The number of anilines is 1. The Morgan fingerprint density at radius 3 is 2.75 bits per heavy atom. The lowest BCUT2D eigenvalue weighted by Crippen LogP contribution is -2.26. The van der Waals surface area contributed by atoms with Crippen LogP contribution in [0, 0.1) is 13.8 Å². The summed E-state index contributed by atoms with van der Waals surface area (Å²) in [4.78, 5) is 18.8. The van der Waals surface area contributed by atoms with Crippen molar-refractivity contribution in [1.82, 2.24) is 19.9 Å². The number of nitrogens with zero attached hydrogens (tertiary/aromatic N) is 4. The normalized spacial score (nSPS) is 13.9. The third kappa shape index (κ3) is 3.07. The van der Waals surface area contributed by atoms with E-state index in [9.17, 15) is 0 Å². The Kier molecular flexibility index (Phi) is 3.97. The number of rotatable bonds is 2. The number of aryl methyl sites for hydroxylation is 2. The molecule has 5 rings (SSSR count). The van der Waals surface area contributed by atoms with E-state index in [1.54, 1.807) is 0 Å².